The molecule has 0 spiro atoms. The molecule has 3 rings (SSSR count). The molecule has 0 amide bonds. The van der Waals surface area contributed by atoms with Crippen molar-refractivity contribution in [3.8, 4) is 28.3 Å². The van der Waals surface area contributed by atoms with Gasteiger partial charge in [-0.2, -0.15) is 0 Å². The number of unbranched alkanes of at least 4 members (excludes halogenated alkanes) is 3. The lowest BCUT2D eigenvalue weighted by Gasteiger charge is -2.12. The Labute approximate surface area is 214 Å². The van der Waals surface area contributed by atoms with Crippen molar-refractivity contribution in [2.24, 2.45) is 0 Å². The topological polar surface area (TPSA) is 44.2 Å². The fourth-order valence-corrected chi connectivity index (χ4v) is 3.79. The first-order valence-corrected chi connectivity index (χ1v) is 12.8. The van der Waals surface area contributed by atoms with Crippen molar-refractivity contribution in [1.82, 2.24) is 9.97 Å². The summed E-state index contributed by atoms with van der Waals surface area (Å²) in [4.78, 5) is 8.76. The minimum atomic E-state index is -0.422. The molecule has 2 aromatic carbocycles. The van der Waals surface area contributed by atoms with E-state index in [1.54, 1.807) is 30.6 Å². The number of hydrogen-bond donors (Lipinski definition) is 0. The number of aromatic nitrogens is 2. The van der Waals surface area contributed by atoms with Gasteiger partial charge >= 0.3 is 0 Å². The van der Waals surface area contributed by atoms with Crippen molar-refractivity contribution in [3.63, 3.8) is 0 Å². The zero-order chi connectivity index (χ0) is 25.6. The Bertz CT molecular complexity index is 1090. The molecule has 0 aliphatic rings. The summed E-state index contributed by atoms with van der Waals surface area (Å²) in [6.45, 7) is 9.17. The van der Waals surface area contributed by atoms with Crippen molar-refractivity contribution < 1.29 is 13.9 Å². The quantitative estimate of drug-likeness (QED) is 0.159. The van der Waals surface area contributed by atoms with E-state index in [4.69, 9.17) is 9.47 Å². The molecule has 0 aliphatic heterocycles. The minimum Gasteiger partial charge on any atom is -0.489 e. The van der Waals surface area contributed by atoms with Crippen LogP contribution in [0.25, 0.3) is 28.6 Å². The predicted molar refractivity (Wildman–Crippen MR) is 146 cm³/mol. The van der Waals surface area contributed by atoms with Crippen LogP contribution in [0.15, 0.2) is 73.6 Å². The fourth-order valence-electron chi connectivity index (χ4n) is 3.79. The third-order valence-corrected chi connectivity index (χ3v) is 5.89. The summed E-state index contributed by atoms with van der Waals surface area (Å²) in [7, 11) is 0. The number of rotatable bonds is 15. The zero-order valence-corrected chi connectivity index (χ0v) is 21.5. The van der Waals surface area contributed by atoms with Gasteiger partial charge in [0.2, 0.25) is 0 Å². The Morgan fingerprint density at radius 2 is 1.78 bits per heavy atom. The molecule has 190 valence electrons. The van der Waals surface area contributed by atoms with Gasteiger partial charge in [0.25, 0.3) is 0 Å². The van der Waals surface area contributed by atoms with E-state index in [9.17, 15) is 4.39 Å². The molecular formula is C31H37FN2O2. The van der Waals surface area contributed by atoms with Crippen molar-refractivity contribution in [2.45, 2.75) is 58.5 Å². The van der Waals surface area contributed by atoms with Gasteiger partial charge in [0.1, 0.15) is 18.2 Å². The highest BCUT2D eigenvalue weighted by Gasteiger charge is 2.10. The smallest absolute Gasteiger partial charge is 0.162 e. The summed E-state index contributed by atoms with van der Waals surface area (Å²) in [5.41, 5.74) is 3.39. The monoisotopic (exact) mass is 488 g/mol. The van der Waals surface area contributed by atoms with Crippen LogP contribution in [-0.4, -0.2) is 29.3 Å². The molecule has 5 heteroatoms. The Morgan fingerprint density at radius 3 is 2.47 bits per heavy atom. The number of halogens is 1. The van der Waals surface area contributed by atoms with Crippen LogP contribution in [0.5, 0.6) is 5.75 Å². The van der Waals surface area contributed by atoms with E-state index in [0.717, 1.165) is 49.0 Å². The molecule has 3 aromatic rings. The molecule has 0 bridgehead atoms. The molecule has 0 N–H and O–H groups in total. The second kappa shape index (κ2) is 14.9. The Hall–Kier alpha value is -3.31. The van der Waals surface area contributed by atoms with Crippen LogP contribution in [-0.2, 0) is 4.74 Å². The van der Waals surface area contributed by atoms with E-state index < -0.39 is 5.82 Å². The number of hydrogen-bond acceptors (Lipinski definition) is 4. The van der Waals surface area contributed by atoms with Gasteiger partial charge in [-0.15, -0.1) is 0 Å². The third kappa shape index (κ3) is 8.72. The van der Waals surface area contributed by atoms with E-state index >= 15 is 0 Å². The molecule has 0 fully saturated rings. The second-order valence-electron chi connectivity index (χ2n) is 8.88. The molecule has 0 saturated carbocycles. The van der Waals surface area contributed by atoms with Crippen LogP contribution in [0.4, 0.5) is 4.39 Å². The molecule has 0 aliphatic carbocycles. The lowest BCUT2D eigenvalue weighted by Crippen LogP contribution is -2.08. The van der Waals surface area contributed by atoms with Crippen LogP contribution in [0.1, 0.15) is 57.9 Å². The van der Waals surface area contributed by atoms with Gasteiger partial charge in [-0.3, -0.25) is 0 Å². The zero-order valence-electron chi connectivity index (χ0n) is 21.5. The van der Waals surface area contributed by atoms with E-state index in [-0.39, 0.29) is 0 Å². The molecule has 36 heavy (non-hydrogen) atoms. The lowest BCUT2D eigenvalue weighted by atomic mass is 10.1. The summed E-state index contributed by atoms with van der Waals surface area (Å²) < 4.78 is 25.7. The van der Waals surface area contributed by atoms with E-state index in [0.29, 0.717) is 29.8 Å². The van der Waals surface area contributed by atoms with Gasteiger partial charge in [0, 0.05) is 30.6 Å². The minimum absolute atomic E-state index is 0.326. The van der Waals surface area contributed by atoms with Gasteiger partial charge in [0.15, 0.2) is 5.82 Å². The average Bonchev–Trinajstić information content (AvgIpc) is 2.90. The summed E-state index contributed by atoms with van der Waals surface area (Å²) in [5, 5.41) is 0. The van der Waals surface area contributed by atoms with E-state index in [1.165, 1.54) is 18.9 Å². The maximum atomic E-state index is 14.5. The summed E-state index contributed by atoms with van der Waals surface area (Å²) in [6.07, 6.45) is 16.6. The van der Waals surface area contributed by atoms with Gasteiger partial charge in [-0.1, -0.05) is 68.8 Å². The second-order valence-corrected chi connectivity index (χ2v) is 8.88. The first-order chi connectivity index (χ1) is 17.6. The summed E-state index contributed by atoms with van der Waals surface area (Å²) in [5.74, 6) is 0.365. The molecule has 1 unspecified atom stereocenters. The van der Waals surface area contributed by atoms with Crippen molar-refractivity contribution >= 4 is 6.08 Å². The summed E-state index contributed by atoms with van der Waals surface area (Å²) in [6, 6.07) is 12.9. The Balaban J connectivity index is 1.49. The highest BCUT2D eigenvalue weighted by atomic mass is 19.1. The lowest BCUT2D eigenvalue weighted by molar-refractivity contribution is 0.0566. The van der Waals surface area contributed by atoms with Gasteiger partial charge < -0.3 is 9.47 Å². The summed E-state index contributed by atoms with van der Waals surface area (Å²) >= 11 is 0. The third-order valence-electron chi connectivity index (χ3n) is 5.89. The van der Waals surface area contributed by atoms with Crippen molar-refractivity contribution in [2.75, 3.05) is 13.2 Å². The number of ether oxygens (including phenoxy) is 2. The number of nitrogens with zero attached hydrogens (tertiary/aromatic N) is 2. The van der Waals surface area contributed by atoms with Crippen LogP contribution < -0.4 is 4.74 Å². The Kier molecular flexibility index (Phi) is 11.3. The first-order valence-electron chi connectivity index (χ1n) is 12.8. The SMILES string of the molecule is C=CCOc1ccc(-c2ncc(-c3ccc(C=CCCCC(C)OCCCCC)cc3)cn2)c(F)c1. The van der Waals surface area contributed by atoms with Crippen LogP contribution in [0, 0.1) is 5.82 Å². The predicted octanol–water partition coefficient (Wildman–Crippen LogP) is 8.29. The van der Waals surface area contributed by atoms with Gasteiger partial charge in [-0.25, -0.2) is 14.4 Å². The highest BCUT2D eigenvalue weighted by Crippen LogP contribution is 2.25. The van der Waals surface area contributed by atoms with E-state index in [2.05, 4.69) is 66.8 Å². The largest absolute Gasteiger partial charge is 0.489 e. The maximum Gasteiger partial charge on any atom is 0.162 e. The van der Waals surface area contributed by atoms with Crippen LogP contribution in [0.2, 0.25) is 0 Å². The molecule has 4 nitrogen and oxygen atoms in total. The first kappa shape index (κ1) is 27.3. The van der Waals surface area contributed by atoms with Crippen molar-refractivity contribution in [1.29, 1.82) is 0 Å². The normalized spacial score (nSPS) is 12.1. The molecular weight excluding hydrogens is 451 g/mol. The molecule has 1 aromatic heterocycles. The number of allylic oxidation sites excluding steroid dienone is 1. The van der Waals surface area contributed by atoms with Gasteiger partial charge in [0.05, 0.1) is 11.7 Å². The van der Waals surface area contributed by atoms with Crippen LogP contribution >= 0.6 is 0 Å². The number of benzene rings is 2. The maximum absolute atomic E-state index is 14.5. The standard InChI is InChI=1S/C31H37FN2O2/c1-4-6-10-20-35-24(3)11-8-7-9-12-25-13-15-26(16-14-25)27-22-33-31(34-23-27)29-18-17-28(21-30(29)32)36-19-5-2/h5,9,12-18,21-24H,2,4,6-8,10-11,19-20H2,1,3H3. The molecule has 0 saturated heterocycles. The molecule has 1 heterocycles. The van der Waals surface area contributed by atoms with Crippen LogP contribution in [0.3, 0.4) is 0 Å². The molecule has 0 radical (unpaired) electrons. The van der Waals surface area contributed by atoms with Crippen molar-refractivity contribution in [3.05, 3.63) is 85.0 Å². The van der Waals surface area contributed by atoms with E-state index in [1.807, 2.05) is 0 Å². The highest BCUT2D eigenvalue weighted by molar-refractivity contribution is 5.66. The Morgan fingerprint density at radius 1 is 1.00 bits per heavy atom. The van der Waals surface area contributed by atoms with Gasteiger partial charge in [-0.05, 0) is 55.9 Å². The fraction of sp³-hybridized carbons (Fsp3) is 0.355. The average molecular weight is 489 g/mol. The molecule has 1 atom stereocenters.